The zero-order valence-electron chi connectivity index (χ0n) is 12.4. The Morgan fingerprint density at radius 3 is 2.12 bits per heavy atom. The molecule has 1 aliphatic carbocycles. The normalized spacial score (nSPS) is 18.0. The highest BCUT2D eigenvalue weighted by Crippen LogP contribution is 2.33. The number of aryl methyl sites for hydroxylation is 1. The molecular formula is C17H28N2O5. The lowest BCUT2D eigenvalue weighted by Crippen LogP contribution is -2.40. The summed E-state index contributed by atoms with van der Waals surface area (Å²) in [5.41, 5.74) is 3.48. The molecule has 2 atom stereocenters. The second-order valence-corrected chi connectivity index (χ2v) is 5.09. The van der Waals surface area contributed by atoms with Gasteiger partial charge >= 0.3 is 11.9 Å². The van der Waals surface area contributed by atoms with E-state index >= 15 is 0 Å². The summed E-state index contributed by atoms with van der Waals surface area (Å²) in [5.74, 6) is 3.16. The average molecular weight is 340 g/mol. The van der Waals surface area contributed by atoms with Crippen LogP contribution in [0.5, 0.6) is 0 Å². The number of aliphatic hydroxyl groups excluding tert-OH is 1. The van der Waals surface area contributed by atoms with Crippen molar-refractivity contribution in [3.63, 3.8) is 0 Å². The number of carboxylic acids is 2. The van der Waals surface area contributed by atoms with E-state index in [2.05, 4.69) is 13.0 Å². The molecule has 7 nitrogen and oxygen atoms in total. The molecule has 0 fully saturated rings. The van der Waals surface area contributed by atoms with Gasteiger partial charge in [-0.25, -0.2) is 14.6 Å². The van der Waals surface area contributed by atoms with Gasteiger partial charge in [0.05, 0.1) is 12.1 Å². The van der Waals surface area contributed by atoms with Gasteiger partial charge in [0.25, 0.3) is 0 Å². The third kappa shape index (κ3) is 6.91. The Morgan fingerprint density at radius 2 is 1.71 bits per heavy atom. The van der Waals surface area contributed by atoms with E-state index in [-0.39, 0.29) is 20.9 Å². The molecule has 1 aromatic carbocycles. The van der Waals surface area contributed by atoms with Crippen LogP contribution in [-0.2, 0) is 16.0 Å². The summed E-state index contributed by atoms with van der Waals surface area (Å²) in [7, 11) is 1.80. The number of hydrazine groups is 1. The van der Waals surface area contributed by atoms with E-state index in [4.69, 9.17) is 16.1 Å². The van der Waals surface area contributed by atoms with Crippen molar-refractivity contribution in [1.29, 1.82) is 0 Å². The Balaban J connectivity index is 0. The quantitative estimate of drug-likeness (QED) is 0.375. The minimum absolute atomic E-state index is 0. The van der Waals surface area contributed by atoms with Crippen LogP contribution in [0.2, 0.25) is 0 Å². The van der Waals surface area contributed by atoms with Gasteiger partial charge in [-0.2, -0.15) is 0 Å². The van der Waals surface area contributed by atoms with Crippen LogP contribution in [0.1, 0.15) is 37.6 Å². The molecule has 1 aromatic rings. The predicted octanol–water partition coefficient (Wildman–Crippen LogP) is 1.74. The van der Waals surface area contributed by atoms with E-state index in [0.717, 1.165) is 12.0 Å². The molecule has 1 aliphatic rings. The van der Waals surface area contributed by atoms with Crippen molar-refractivity contribution in [2.24, 2.45) is 5.84 Å². The van der Waals surface area contributed by atoms with Crippen LogP contribution in [0.4, 0.5) is 0 Å². The number of aliphatic hydroxyl groups is 1. The minimum Gasteiger partial charge on any atom is -0.478 e. The number of rotatable bonds is 3. The molecule has 0 spiro atoms. The third-order valence-corrected chi connectivity index (χ3v) is 3.30. The Kier molecular flexibility index (Phi) is 10.6. The molecule has 0 aliphatic heterocycles. The van der Waals surface area contributed by atoms with Crippen LogP contribution in [0.15, 0.2) is 30.4 Å². The maximum Gasteiger partial charge on any atom is 0.328 e. The van der Waals surface area contributed by atoms with Crippen LogP contribution in [0.25, 0.3) is 0 Å². The number of hydrogen-bond donors (Lipinski definition) is 4. The Hall–Kier alpha value is -2.22. The van der Waals surface area contributed by atoms with Gasteiger partial charge in [0.15, 0.2) is 0 Å². The first-order chi connectivity index (χ1) is 10.2. The van der Waals surface area contributed by atoms with Gasteiger partial charge in [-0.15, -0.1) is 0 Å². The van der Waals surface area contributed by atoms with Crippen molar-refractivity contribution < 1.29 is 24.9 Å². The molecule has 0 aromatic heterocycles. The first-order valence-electron chi connectivity index (χ1n) is 6.61. The number of benzene rings is 1. The Labute approximate surface area is 143 Å². The van der Waals surface area contributed by atoms with E-state index in [0.29, 0.717) is 12.2 Å². The second-order valence-electron chi connectivity index (χ2n) is 5.09. The molecule has 136 valence electrons. The summed E-state index contributed by atoms with van der Waals surface area (Å²) in [6.07, 6.45) is 1.51. The standard InChI is InChI=1S/C11H16N2O.C4H4O4.2CH4/c1-7-3-4-9-8(5-7)6-10(11(9)14)13(2)12;5-3(6)1-2-4(7)8;;/h3-5,10-11,14H,6,12H2,1-2H3;1-2H,(H,5,6)(H,7,8);2*1H4/b;2-1-;;. The van der Waals surface area contributed by atoms with Crippen LogP contribution >= 0.6 is 0 Å². The van der Waals surface area contributed by atoms with Gasteiger partial charge in [0.1, 0.15) is 0 Å². The van der Waals surface area contributed by atoms with E-state index in [1.54, 1.807) is 12.1 Å². The molecule has 0 saturated carbocycles. The molecule has 0 heterocycles. The van der Waals surface area contributed by atoms with Crippen LogP contribution in [-0.4, -0.2) is 45.4 Å². The van der Waals surface area contributed by atoms with Crippen LogP contribution < -0.4 is 5.84 Å². The lowest BCUT2D eigenvalue weighted by Gasteiger charge is -2.21. The smallest absolute Gasteiger partial charge is 0.328 e. The number of nitrogens with zero attached hydrogens (tertiary/aromatic N) is 1. The molecule has 0 saturated heterocycles. The number of aliphatic carboxylic acids is 2. The highest BCUT2D eigenvalue weighted by Gasteiger charge is 2.32. The first-order valence-corrected chi connectivity index (χ1v) is 6.61. The Bertz CT molecular complexity index is 568. The maximum absolute atomic E-state index is 9.98. The van der Waals surface area contributed by atoms with E-state index in [1.165, 1.54) is 11.1 Å². The molecule has 2 unspecified atom stereocenters. The van der Waals surface area contributed by atoms with Crippen molar-refractivity contribution in [2.45, 2.75) is 40.3 Å². The molecule has 7 heteroatoms. The van der Waals surface area contributed by atoms with Crippen molar-refractivity contribution in [2.75, 3.05) is 7.05 Å². The molecule has 24 heavy (non-hydrogen) atoms. The fourth-order valence-corrected chi connectivity index (χ4v) is 2.25. The van der Waals surface area contributed by atoms with Crippen molar-refractivity contribution in [3.05, 3.63) is 47.0 Å². The minimum atomic E-state index is -1.26. The van der Waals surface area contributed by atoms with Crippen LogP contribution in [0.3, 0.4) is 0 Å². The van der Waals surface area contributed by atoms with Gasteiger partial charge in [-0.05, 0) is 24.5 Å². The number of likely N-dealkylation sites (N-methyl/N-ethyl adjacent to an activating group) is 1. The second kappa shape index (κ2) is 10.5. The zero-order valence-corrected chi connectivity index (χ0v) is 12.4. The molecule has 0 bridgehead atoms. The molecule has 5 N–H and O–H groups in total. The largest absolute Gasteiger partial charge is 0.478 e. The van der Waals surface area contributed by atoms with E-state index in [9.17, 15) is 14.7 Å². The van der Waals surface area contributed by atoms with Gasteiger partial charge in [-0.3, -0.25) is 5.84 Å². The monoisotopic (exact) mass is 340 g/mol. The summed E-state index contributed by atoms with van der Waals surface area (Å²) in [6.45, 7) is 2.06. The predicted molar refractivity (Wildman–Crippen MR) is 93.5 cm³/mol. The fraction of sp³-hybridized carbons (Fsp3) is 0.412. The Morgan fingerprint density at radius 1 is 1.21 bits per heavy atom. The van der Waals surface area contributed by atoms with Crippen molar-refractivity contribution in [1.82, 2.24) is 5.01 Å². The first kappa shape index (κ1) is 24.0. The van der Waals surface area contributed by atoms with Crippen molar-refractivity contribution in [3.8, 4) is 0 Å². The lowest BCUT2D eigenvalue weighted by atomic mass is 10.1. The van der Waals surface area contributed by atoms with Gasteiger partial charge < -0.3 is 15.3 Å². The fourth-order valence-electron chi connectivity index (χ4n) is 2.25. The van der Waals surface area contributed by atoms with Gasteiger partial charge in [0, 0.05) is 19.2 Å². The SMILES string of the molecule is C.C.Cc1ccc2c(c1)CC(N(C)N)C2O.O=C(O)/C=C\C(=O)O. The summed E-state index contributed by atoms with van der Waals surface area (Å²) >= 11 is 0. The topological polar surface area (TPSA) is 124 Å². The lowest BCUT2D eigenvalue weighted by molar-refractivity contribution is -0.134. The molecular weight excluding hydrogens is 312 g/mol. The van der Waals surface area contributed by atoms with Crippen LogP contribution in [0, 0.1) is 6.92 Å². The highest BCUT2D eigenvalue weighted by atomic mass is 16.4. The summed E-state index contributed by atoms with van der Waals surface area (Å²) < 4.78 is 0. The molecule has 0 amide bonds. The number of nitrogens with two attached hydrogens (primary N) is 1. The third-order valence-electron chi connectivity index (χ3n) is 3.30. The molecule has 2 rings (SSSR count). The average Bonchev–Trinajstić information content (AvgIpc) is 2.74. The summed E-state index contributed by atoms with van der Waals surface area (Å²) in [5, 5.41) is 27.2. The van der Waals surface area contributed by atoms with Gasteiger partial charge in [0.2, 0.25) is 0 Å². The maximum atomic E-state index is 9.98. The van der Waals surface area contributed by atoms with E-state index in [1.807, 2.05) is 12.1 Å². The number of carbonyl (C=O) groups is 2. The van der Waals surface area contributed by atoms with E-state index < -0.39 is 18.0 Å². The number of carboxylic acid groups (broad SMARTS) is 2. The summed E-state index contributed by atoms with van der Waals surface area (Å²) in [6, 6.07) is 6.17. The van der Waals surface area contributed by atoms with Gasteiger partial charge in [-0.1, -0.05) is 38.6 Å². The zero-order chi connectivity index (χ0) is 16.9. The number of hydrogen-bond acceptors (Lipinski definition) is 5. The molecule has 0 radical (unpaired) electrons. The summed E-state index contributed by atoms with van der Waals surface area (Å²) in [4.78, 5) is 19.1. The number of fused-ring (bicyclic) bond motifs is 1. The highest BCUT2D eigenvalue weighted by molar-refractivity contribution is 5.89. The van der Waals surface area contributed by atoms with Crippen molar-refractivity contribution >= 4 is 11.9 Å².